The largest absolute Gasteiger partial charge is 0.299 e. The van der Waals surface area contributed by atoms with Crippen molar-refractivity contribution >= 4 is 44.2 Å². The first-order chi connectivity index (χ1) is 8.32. The molecule has 0 saturated carbocycles. The van der Waals surface area contributed by atoms with Crippen LogP contribution >= 0.6 is 23.1 Å². The number of aromatic nitrogens is 2. The van der Waals surface area contributed by atoms with Crippen molar-refractivity contribution in [3.8, 4) is 0 Å². The molecule has 1 rings (SSSR count). The van der Waals surface area contributed by atoms with E-state index in [1.807, 2.05) is 6.92 Å². The van der Waals surface area contributed by atoms with Gasteiger partial charge in [-0.15, -0.1) is 10.2 Å². The molecule has 1 aromatic heterocycles. The quantitative estimate of drug-likeness (QED) is 0.607. The number of carbonyl (C=O) groups is 1. The molecular formula is C8H14N4O3S3. The number of thioether (sulfide) groups is 1. The van der Waals surface area contributed by atoms with Crippen LogP contribution in [-0.4, -0.2) is 54.4 Å². The van der Waals surface area contributed by atoms with Crippen LogP contribution in [0.25, 0.3) is 0 Å². The standard InChI is InChI=1S/C8H14N4O3S3/c1-4-16-8-11-10-7(17-8)9-6(13)5-12(2)18(3,14)15/h4-5H2,1-3H3,(H,9,10,13). The summed E-state index contributed by atoms with van der Waals surface area (Å²) in [5, 5.41) is 10.5. The smallest absolute Gasteiger partial charge is 0.241 e. The number of nitrogens with one attached hydrogen (secondary N) is 1. The van der Waals surface area contributed by atoms with Crippen LogP contribution in [0.3, 0.4) is 0 Å². The number of carbonyl (C=O) groups excluding carboxylic acids is 1. The lowest BCUT2D eigenvalue weighted by Gasteiger charge is -2.12. The van der Waals surface area contributed by atoms with E-state index in [0.29, 0.717) is 5.13 Å². The summed E-state index contributed by atoms with van der Waals surface area (Å²) in [4.78, 5) is 11.6. The number of nitrogens with zero attached hydrogens (tertiary/aromatic N) is 3. The van der Waals surface area contributed by atoms with E-state index in [1.54, 1.807) is 0 Å². The van der Waals surface area contributed by atoms with Gasteiger partial charge < -0.3 is 0 Å². The second-order valence-electron chi connectivity index (χ2n) is 3.37. The molecule has 102 valence electrons. The zero-order valence-corrected chi connectivity index (χ0v) is 12.7. The molecule has 10 heteroatoms. The van der Waals surface area contributed by atoms with E-state index in [0.717, 1.165) is 20.7 Å². The Morgan fingerprint density at radius 3 is 2.72 bits per heavy atom. The molecule has 0 saturated heterocycles. The van der Waals surface area contributed by atoms with Crippen LogP contribution < -0.4 is 5.32 Å². The first-order valence-corrected chi connectivity index (χ1v) is 8.65. The summed E-state index contributed by atoms with van der Waals surface area (Å²) in [6.45, 7) is 1.75. The minimum absolute atomic E-state index is 0.241. The number of sulfonamides is 1. The molecule has 0 aromatic carbocycles. The van der Waals surface area contributed by atoms with Crippen LogP contribution in [0.5, 0.6) is 0 Å². The predicted octanol–water partition coefficient (Wildman–Crippen LogP) is 0.480. The summed E-state index contributed by atoms with van der Waals surface area (Å²) < 4.78 is 24.0. The molecule has 0 spiro atoms. The SMILES string of the molecule is CCSc1nnc(NC(=O)CN(C)S(C)(=O)=O)s1. The first kappa shape index (κ1) is 15.3. The fraction of sp³-hybridized carbons (Fsp3) is 0.625. The zero-order chi connectivity index (χ0) is 13.8. The summed E-state index contributed by atoms with van der Waals surface area (Å²) in [7, 11) is -2.02. The van der Waals surface area contributed by atoms with E-state index in [4.69, 9.17) is 0 Å². The second kappa shape index (κ2) is 6.45. The fourth-order valence-corrected chi connectivity index (χ4v) is 2.94. The lowest BCUT2D eigenvalue weighted by Crippen LogP contribution is -2.34. The maximum Gasteiger partial charge on any atom is 0.241 e. The van der Waals surface area contributed by atoms with Crippen LogP contribution in [0, 0.1) is 0 Å². The van der Waals surface area contributed by atoms with Crippen molar-refractivity contribution in [2.45, 2.75) is 11.3 Å². The monoisotopic (exact) mass is 310 g/mol. The molecule has 1 heterocycles. The average Bonchev–Trinajstić information content (AvgIpc) is 2.64. The van der Waals surface area contributed by atoms with E-state index in [9.17, 15) is 13.2 Å². The Labute approximate surface area is 114 Å². The van der Waals surface area contributed by atoms with Gasteiger partial charge >= 0.3 is 0 Å². The number of hydrogen-bond donors (Lipinski definition) is 1. The van der Waals surface area contributed by atoms with Crippen molar-refractivity contribution < 1.29 is 13.2 Å². The Morgan fingerprint density at radius 2 is 2.17 bits per heavy atom. The number of likely N-dealkylation sites (N-methyl/N-ethyl adjacent to an activating group) is 1. The third kappa shape index (κ3) is 4.88. The Bertz CT molecular complexity index is 513. The van der Waals surface area contributed by atoms with Gasteiger partial charge in [0.15, 0.2) is 4.34 Å². The molecule has 1 amide bonds. The van der Waals surface area contributed by atoms with Gasteiger partial charge in [-0.1, -0.05) is 30.0 Å². The molecule has 7 nitrogen and oxygen atoms in total. The maximum absolute atomic E-state index is 11.6. The number of rotatable bonds is 6. The summed E-state index contributed by atoms with van der Waals surface area (Å²) >= 11 is 2.79. The van der Waals surface area contributed by atoms with Crippen molar-refractivity contribution in [3.05, 3.63) is 0 Å². The topological polar surface area (TPSA) is 92.3 Å². The Kier molecular flexibility index (Phi) is 5.50. The van der Waals surface area contributed by atoms with Crippen LogP contribution in [-0.2, 0) is 14.8 Å². The molecule has 0 radical (unpaired) electrons. The van der Waals surface area contributed by atoms with Crippen LogP contribution in [0.15, 0.2) is 4.34 Å². The molecule has 18 heavy (non-hydrogen) atoms. The molecule has 0 aliphatic heterocycles. The van der Waals surface area contributed by atoms with E-state index >= 15 is 0 Å². The van der Waals surface area contributed by atoms with Gasteiger partial charge in [-0.05, 0) is 5.75 Å². The van der Waals surface area contributed by atoms with Gasteiger partial charge in [-0.3, -0.25) is 10.1 Å². The highest BCUT2D eigenvalue weighted by Crippen LogP contribution is 2.24. The Balaban J connectivity index is 2.54. The highest BCUT2D eigenvalue weighted by molar-refractivity contribution is 8.01. The van der Waals surface area contributed by atoms with Crippen LogP contribution in [0.2, 0.25) is 0 Å². The summed E-state index contributed by atoms with van der Waals surface area (Å²) in [5.41, 5.74) is 0. The number of hydrogen-bond acceptors (Lipinski definition) is 7. The molecule has 0 atom stereocenters. The Hall–Kier alpha value is -0.710. The van der Waals surface area contributed by atoms with E-state index in [-0.39, 0.29) is 6.54 Å². The molecule has 0 unspecified atom stereocenters. The Morgan fingerprint density at radius 1 is 1.50 bits per heavy atom. The maximum atomic E-state index is 11.6. The lowest BCUT2D eigenvalue weighted by molar-refractivity contribution is -0.116. The average molecular weight is 310 g/mol. The van der Waals surface area contributed by atoms with Crippen LogP contribution in [0.1, 0.15) is 6.92 Å². The van der Waals surface area contributed by atoms with Gasteiger partial charge in [0, 0.05) is 7.05 Å². The normalized spacial score (nSPS) is 11.8. The van der Waals surface area contributed by atoms with Gasteiger partial charge in [0.1, 0.15) is 0 Å². The highest BCUT2D eigenvalue weighted by Gasteiger charge is 2.16. The van der Waals surface area contributed by atoms with Crippen molar-refractivity contribution in [1.82, 2.24) is 14.5 Å². The third-order valence-corrected chi connectivity index (χ3v) is 4.97. The van der Waals surface area contributed by atoms with Gasteiger partial charge in [0.2, 0.25) is 21.1 Å². The van der Waals surface area contributed by atoms with Gasteiger partial charge in [0.25, 0.3) is 0 Å². The molecule has 0 aliphatic rings. The summed E-state index contributed by atoms with van der Waals surface area (Å²) in [6, 6.07) is 0. The lowest BCUT2D eigenvalue weighted by atomic mass is 10.6. The molecule has 0 fully saturated rings. The van der Waals surface area contributed by atoms with Crippen LogP contribution in [0.4, 0.5) is 5.13 Å². The van der Waals surface area contributed by atoms with Gasteiger partial charge in [-0.25, -0.2) is 8.42 Å². The minimum atomic E-state index is -3.36. The number of amides is 1. The van der Waals surface area contributed by atoms with Gasteiger partial charge in [-0.2, -0.15) is 4.31 Å². The second-order valence-corrected chi connectivity index (χ2v) is 7.95. The number of anilines is 1. The molecular weight excluding hydrogens is 296 g/mol. The minimum Gasteiger partial charge on any atom is -0.299 e. The fourth-order valence-electron chi connectivity index (χ4n) is 0.920. The summed E-state index contributed by atoms with van der Waals surface area (Å²) in [6.07, 6.45) is 1.04. The van der Waals surface area contributed by atoms with Crippen molar-refractivity contribution in [2.75, 3.05) is 30.9 Å². The van der Waals surface area contributed by atoms with Gasteiger partial charge in [0.05, 0.1) is 12.8 Å². The van der Waals surface area contributed by atoms with E-state index in [2.05, 4.69) is 15.5 Å². The van der Waals surface area contributed by atoms with E-state index in [1.165, 1.54) is 30.1 Å². The zero-order valence-electron chi connectivity index (χ0n) is 10.2. The van der Waals surface area contributed by atoms with Crippen molar-refractivity contribution in [2.24, 2.45) is 0 Å². The molecule has 1 N–H and O–H groups in total. The van der Waals surface area contributed by atoms with Crippen molar-refractivity contribution in [3.63, 3.8) is 0 Å². The molecule has 0 bridgehead atoms. The van der Waals surface area contributed by atoms with Crippen molar-refractivity contribution in [1.29, 1.82) is 0 Å². The highest BCUT2D eigenvalue weighted by atomic mass is 32.2. The first-order valence-electron chi connectivity index (χ1n) is 5.00. The van der Waals surface area contributed by atoms with E-state index < -0.39 is 15.9 Å². The predicted molar refractivity (Wildman–Crippen MR) is 72.4 cm³/mol. The molecule has 1 aromatic rings. The third-order valence-electron chi connectivity index (χ3n) is 1.85. The molecule has 0 aliphatic carbocycles. The summed E-state index contributed by atoms with van der Waals surface area (Å²) in [5.74, 6) is 0.437.